The van der Waals surface area contributed by atoms with Gasteiger partial charge in [-0.1, -0.05) is 166 Å². The van der Waals surface area contributed by atoms with Crippen LogP contribution in [0.1, 0.15) is 141 Å². The Hall–Kier alpha value is -8.85. The Bertz CT molecular complexity index is 3220. The standard InChI is InChI=1S/C68H92N10O11/c1-41(2)54(36-44(6)64(85)86)77(13)63(84)59(67(7,8)9)76-62(83)58(70-12)68(10,11)49-23-18-20-46(37-49)38-72-66(88)89-40-45-28-31-50(32-29-45)73-60(81)52(25-19-35-71-65(69)87)74-61(82)57(42(3)4)75-55(79)33-34-56(80)78-39-48-22-15-14-21-47(48)30-27-43(5)51-24-16-17-26-53(51)78/h14-18,20-24,26-32,36-37,41-43,52,54,57-59,70H,19,25,33-35,38-40H2,1-13H3,(H,72,88)(H,73,81)(H,74,82)(H,75,79)(H,76,83)(H,85,86)(H3,69,71,87)/b30-27-,44-36+/t43?,52-,54+,57-,58-,59+/m0/s1. The van der Waals surface area contributed by atoms with E-state index in [1.807, 2.05) is 121 Å². The molecule has 6 atom stereocenters. The van der Waals surface area contributed by atoms with E-state index in [0.29, 0.717) is 17.8 Å². The highest BCUT2D eigenvalue weighted by Gasteiger charge is 2.42. The van der Waals surface area contributed by atoms with Gasteiger partial charge in [0.25, 0.3) is 0 Å². The maximum absolute atomic E-state index is 14.2. The molecule has 1 aliphatic heterocycles. The number of nitrogens with zero attached hydrogens (tertiary/aromatic N) is 2. The molecule has 1 unspecified atom stereocenters. The number of hydrogen-bond acceptors (Lipinski definition) is 11. The molecule has 0 fully saturated rings. The van der Waals surface area contributed by atoms with Gasteiger partial charge in [-0.25, -0.2) is 14.4 Å². The monoisotopic (exact) mass is 1220 g/mol. The number of anilines is 2. The molecule has 9 amide bonds. The van der Waals surface area contributed by atoms with Crippen molar-refractivity contribution in [2.45, 2.75) is 163 Å². The van der Waals surface area contributed by atoms with Gasteiger partial charge >= 0.3 is 18.1 Å². The van der Waals surface area contributed by atoms with Crippen LogP contribution in [-0.2, 0) is 63.4 Å². The van der Waals surface area contributed by atoms with E-state index < -0.39 is 88.7 Å². The van der Waals surface area contributed by atoms with E-state index in [1.54, 1.807) is 63.2 Å². The highest BCUT2D eigenvalue weighted by molar-refractivity contribution is 6.00. The van der Waals surface area contributed by atoms with Crippen molar-refractivity contribution in [2.75, 3.05) is 30.9 Å². The third kappa shape index (κ3) is 20.4. The molecule has 21 nitrogen and oxygen atoms in total. The Labute approximate surface area is 523 Å². The summed E-state index contributed by atoms with van der Waals surface area (Å²) in [6, 6.07) is 24.3. The van der Waals surface area contributed by atoms with Gasteiger partial charge in [-0.05, 0) is 95.6 Å². The number of allylic oxidation sites excluding steroid dienone is 1. The van der Waals surface area contributed by atoms with Gasteiger partial charge in [0.1, 0.15) is 24.7 Å². The highest BCUT2D eigenvalue weighted by atomic mass is 16.5. The molecule has 0 bridgehead atoms. The predicted molar refractivity (Wildman–Crippen MR) is 345 cm³/mol. The smallest absolute Gasteiger partial charge is 0.407 e. The molecule has 0 saturated carbocycles. The lowest BCUT2D eigenvalue weighted by Gasteiger charge is -2.40. The van der Waals surface area contributed by atoms with Crippen molar-refractivity contribution in [1.29, 1.82) is 0 Å². The number of carbonyl (C=O) groups is 9. The lowest BCUT2D eigenvalue weighted by molar-refractivity contribution is -0.141. The third-order valence-electron chi connectivity index (χ3n) is 16.0. The minimum Gasteiger partial charge on any atom is -0.478 e. The molecule has 10 N–H and O–H groups in total. The van der Waals surface area contributed by atoms with Crippen LogP contribution < -0.4 is 47.9 Å². The summed E-state index contributed by atoms with van der Waals surface area (Å²) in [5.41, 5.74) is 9.98. The number of rotatable bonds is 27. The predicted octanol–water partition coefficient (Wildman–Crippen LogP) is 8.18. The fourth-order valence-corrected chi connectivity index (χ4v) is 10.6. The van der Waals surface area contributed by atoms with Crippen molar-refractivity contribution < 1.29 is 53.0 Å². The zero-order valence-corrected chi connectivity index (χ0v) is 53.7. The number of carbonyl (C=O) groups excluding carboxylic acids is 8. The van der Waals surface area contributed by atoms with E-state index in [2.05, 4.69) is 56.3 Å². The molecule has 4 aromatic rings. The fraction of sp³-hybridized carbons (Fsp3) is 0.456. The summed E-state index contributed by atoms with van der Waals surface area (Å²) in [5.74, 6) is -4.35. The second-order valence-corrected chi connectivity index (χ2v) is 25.1. The Morgan fingerprint density at radius 2 is 1.45 bits per heavy atom. The Balaban J connectivity index is 1.17. The number of nitrogens with two attached hydrogens (primary N) is 1. The third-order valence-corrected chi connectivity index (χ3v) is 16.0. The summed E-state index contributed by atoms with van der Waals surface area (Å²) in [6.45, 7) is 20.6. The van der Waals surface area contributed by atoms with E-state index >= 15 is 0 Å². The number of primary amides is 1. The number of ether oxygens (including phenoxy) is 1. The molecule has 1 heterocycles. The normalized spacial score (nSPS) is 15.4. The molecule has 4 aromatic carbocycles. The van der Waals surface area contributed by atoms with E-state index in [1.165, 1.54) is 11.8 Å². The second kappa shape index (κ2) is 32.4. The summed E-state index contributed by atoms with van der Waals surface area (Å²) in [5, 5.41) is 29.4. The van der Waals surface area contributed by atoms with Crippen molar-refractivity contribution in [1.82, 2.24) is 36.8 Å². The van der Waals surface area contributed by atoms with Gasteiger partial charge in [0, 0.05) is 61.3 Å². The first kappa shape index (κ1) is 70.9. The number of benzene rings is 4. The van der Waals surface area contributed by atoms with Crippen molar-refractivity contribution in [2.24, 2.45) is 23.0 Å². The van der Waals surface area contributed by atoms with Gasteiger partial charge < -0.3 is 62.6 Å². The van der Waals surface area contributed by atoms with Crippen LogP contribution in [0.25, 0.3) is 6.08 Å². The first-order chi connectivity index (χ1) is 41.9. The van der Waals surface area contributed by atoms with Gasteiger partial charge in [-0.15, -0.1) is 0 Å². The van der Waals surface area contributed by atoms with E-state index in [4.69, 9.17) is 10.5 Å². The molecule has 0 aliphatic carbocycles. The quantitative estimate of drug-likeness (QED) is 0.0202. The largest absolute Gasteiger partial charge is 0.478 e. The number of para-hydroxylation sites is 1. The Kier molecular flexibility index (Phi) is 25.8. The molecular formula is C68H92N10O11. The molecule has 0 radical (unpaired) electrons. The molecule has 21 heteroatoms. The highest BCUT2D eigenvalue weighted by Crippen LogP contribution is 2.34. The zero-order valence-electron chi connectivity index (χ0n) is 53.7. The lowest BCUT2D eigenvalue weighted by atomic mass is 9.76. The maximum atomic E-state index is 14.2. The first-order valence-corrected chi connectivity index (χ1v) is 30.3. The summed E-state index contributed by atoms with van der Waals surface area (Å²) >= 11 is 0. The van der Waals surface area contributed by atoms with Crippen LogP contribution in [0.4, 0.5) is 21.0 Å². The van der Waals surface area contributed by atoms with Crippen LogP contribution in [-0.4, -0.2) is 114 Å². The zero-order chi connectivity index (χ0) is 65.9. The number of nitrogens with one attached hydrogen (secondary N) is 7. The van der Waals surface area contributed by atoms with Crippen LogP contribution in [0.5, 0.6) is 0 Å². The van der Waals surface area contributed by atoms with Crippen LogP contribution in [0, 0.1) is 17.3 Å². The number of alkyl carbamates (subject to hydrolysis) is 1. The van der Waals surface area contributed by atoms with Gasteiger partial charge in [0.05, 0.1) is 18.6 Å². The number of likely N-dealkylation sites (N-methyl/N-ethyl adjacent to an activating group) is 2. The second-order valence-electron chi connectivity index (χ2n) is 25.1. The summed E-state index contributed by atoms with van der Waals surface area (Å²) in [7, 11) is 3.28. The molecular weight excluding hydrogens is 1130 g/mol. The minimum atomic E-state index is -1.11. The van der Waals surface area contributed by atoms with Crippen molar-refractivity contribution in [3.05, 3.63) is 148 Å². The molecule has 0 saturated heterocycles. The van der Waals surface area contributed by atoms with Crippen molar-refractivity contribution in [3.8, 4) is 0 Å². The maximum Gasteiger partial charge on any atom is 0.407 e. The molecule has 89 heavy (non-hydrogen) atoms. The van der Waals surface area contributed by atoms with E-state index in [9.17, 15) is 48.3 Å². The van der Waals surface area contributed by atoms with Crippen LogP contribution in [0.2, 0.25) is 0 Å². The molecule has 1 aliphatic rings. The van der Waals surface area contributed by atoms with Gasteiger partial charge in [-0.3, -0.25) is 28.8 Å². The van der Waals surface area contributed by atoms with Crippen molar-refractivity contribution in [3.63, 3.8) is 0 Å². The van der Waals surface area contributed by atoms with Crippen LogP contribution in [0.3, 0.4) is 0 Å². The summed E-state index contributed by atoms with van der Waals surface area (Å²) < 4.78 is 5.53. The van der Waals surface area contributed by atoms with Gasteiger partial charge in [-0.2, -0.15) is 0 Å². The summed E-state index contributed by atoms with van der Waals surface area (Å²) in [6.07, 6.45) is 5.06. The topological polar surface area (TPSA) is 300 Å². The SMILES string of the molecule is CN[C@@H](C(=O)N[C@H](C(=O)N(C)[C@H](/C=C(\C)C(=O)O)C(C)C)C(C)(C)C)C(C)(C)c1cccc(CNC(=O)OCc2ccc(NC(=O)[C@H](CCCNC(N)=O)NC(=O)[C@@H](NC(=O)CCC(=O)N3Cc4ccccc4/C=C\C(C)c4ccccc43)C(C)C)cc2)c1. The Morgan fingerprint density at radius 1 is 0.775 bits per heavy atom. The van der Waals surface area contributed by atoms with E-state index in [0.717, 1.165) is 33.5 Å². The van der Waals surface area contributed by atoms with E-state index in [-0.39, 0.29) is 74.6 Å². The number of hydrogen-bond donors (Lipinski definition) is 9. The molecule has 0 spiro atoms. The number of carboxylic acid groups (broad SMARTS) is 1. The average molecular weight is 1230 g/mol. The molecule has 480 valence electrons. The van der Waals surface area contributed by atoms with Crippen molar-refractivity contribution >= 4 is 71.0 Å². The lowest BCUT2D eigenvalue weighted by Crippen LogP contribution is -2.61. The molecule has 0 aromatic heterocycles. The number of fused-ring (bicyclic) bond motifs is 2. The van der Waals surface area contributed by atoms with Gasteiger partial charge in [0.15, 0.2) is 0 Å². The average Bonchev–Trinajstić information content (AvgIpc) is 1.78. The number of carboxylic acids is 1. The van der Waals surface area contributed by atoms with Crippen LogP contribution in [0.15, 0.2) is 115 Å². The number of amides is 9. The fourth-order valence-electron chi connectivity index (χ4n) is 10.6. The van der Waals surface area contributed by atoms with Crippen LogP contribution >= 0.6 is 0 Å². The summed E-state index contributed by atoms with van der Waals surface area (Å²) in [4.78, 5) is 123. The first-order valence-electron chi connectivity index (χ1n) is 30.3. The minimum absolute atomic E-state index is 0.00834. The number of aliphatic carboxylic acids is 1. The number of urea groups is 1. The van der Waals surface area contributed by atoms with Gasteiger partial charge in [0.2, 0.25) is 35.4 Å². The molecule has 5 rings (SSSR count). The Morgan fingerprint density at radius 3 is 2.09 bits per heavy atom.